The number of aliphatic imine (C=N–C) groups is 3. The van der Waals surface area contributed by atoms with Crippen LogP contribution in [0.4, 0.5) is 0 Å². The topological polar surface area (TPSA) is 66.6 Å². The van der Waals surface area contributed by atoms with Crippen LogP contribution in [-0.4, -0.2) is 55.1 Å². The highest BCUT2D eigenvalue weighted by Gasteiger charge is 2.34. The lowest BCUT2D eigenvalue weighted by Gasteiger charge is -2.30. The molecule has 6 heteroatoms. The van der Waals surface area contributed by atoms with Gasteiger partial charge in [0, 0.05) is 19.3 Å². The summed E-state index contributed by atoms with van der Waals surface area (Å²) < 4.78 is 5.34. The van der Waals surface area contributed by atoms with E-state index >= 15 is 0 Å². The van der Waals surface area contributed by atoms with Crippen molar-refractivity contribution in [3.8, 4) is 0 Å². The van der Waals surface area contributed by atoms with Crippen LogP contribution in [0.3, 0.4) is 0 Å². The van der Waals surface area contributed by atoms with Crippen molar-refractivity contribution in [1.82, 2.24) is 4.90 Å². The molecule has 1 saturated heterocycles. The third-order valence-corrected chi connectivity index (χ3v) is 4.52. The Kier molecular flexibility index (Phi) is 5.16. The summed E-state index contributed by atoms with van der Waals surface area (Å²) in [4.78, 5) is 27.7. The number of amides is 1. The Labute approximate surface area is 158 Å². The highest BCUT2D eigenvalue weighted by molar-refractivity contribution is 6.20. The Morgan fingerprint density at radius 3 is 2.63 bits per heavy atom. The Morgan fingerprint density at radius 2 is 1.81 bits per heavy atom. The van der Waals surface area contributed by atoms with Crippen molar-refractivity contribution in [1.29, 1.82) is 0 Å². The van der Waals surface area contributed by atoms with Crippen molar-refractivity contribution in [3.05, 3.63) is 65.8 Å². The molecule has 1 atom stereocenters. The number of benzene rings is 1. The molecule has 1 amide bonds. The molecule has 0 aromatic heterocycles. The fraction of sp³-hybridized carbons (Fsp3) is 0.238. The summed E-state index contributed by atoms with van der Waals surface area (Å²) in [5.74, 6) is 0.203. The third kappa shape index (κ3) is 4.01. The van der Waals surface area contributed by atoms with Crippen LogP contribution in [0.25, 0.3) is 6.08 Å². The van der Waals surface area contributed by atoms with Crippen molar-refractivity contribution < 1.29 is 9.53 Å². The van der Waals surface area contributed by atoms with E-state index in [-0.39, 0.29) is 5.91 Å². The van der Waals surface area contributed by atoms with Crippen molar-refractivity contribution in [2.24, 2.45) is 20.9 Å². The van der Waals surface area contributed by atoms with Gasteiger partial charge >= 0.3 is 0 Å². The number of rotatable bonds is 3. The van der Waals surface area contributed by atoms with Gasteiger partial charge in [-0.3, -0.25) is 4.79 Å². The molecule has 0 N–H and O–H groups in total. The molecule has 6 nitrogen and oxygen atoms in total. The summed E-state index contributed by atoms with van der Waals surface area (Å²) in [7, 11) is 0. The summed E-state index contributed by atoms with van der Waals surface area (Å²) in [6.45, 7) is 2.60. The van der Waals surface area contributed by atoms with Gasteiger partial charge in [-0.15, -0.1) is 0 Å². The van der Waals surface area contributed by atoms with E-state index in [9.17, 15) is 4.79 Å². The molecule has 1 unspecified atom stereocenters. The van der Waals surface area contributed by atoms with Crippen LogP contribution in [-0.2, 0) is 9.53 Å². The maximum atomic E-state index is 12.7. The third-order valence-electron chi connectivity index (χ3n) is 4.52. The van der Waals surface area contributed by atoms with Gasteiger partial charge in [-0.2, -0.15) is 9.98 Å². The van der Waals surface area contributed by atoms with E-state index in [2.05, 4.69) is 15.0 Å². The molecule has 1 aromatic rings. The average molecular weight is 360 g/mol. The summed E-state index contributed by atoms with van der Waals surface area (Å²) in [5.41, 5.74) is 1.97. The molecule has 3 heterocycles. The lowest BCUT2D eigenvalue weighted by molar-refractivity contribution is -0.119. The SMILES string of the molecule is O=C1N=C(N2CCOCC2)N=C2N=CC=C(/C=C/C=C/c3ccccc3)C12. The largest absolute Gasteiger partial charge is 0.378 e. The summed E-state index contributed by atoms with van der Waals surface area (Å²) >= 11 is 0. The first-order valence-electron chi connectivity index (χ1n) is 8.99. The second-order valence-corrected chi connectivity index (χ2v) is 6.33. The first-order valence-corrected chi connectivity index (χ1v) is 8.99. The molecule has 4 rings (SSSR count). The number of hydrogen-bond donors (Lipinski definition) is 0. The highest BCUT2D eigenvalue weighted by Crippen LogP contribution is 2.24. The molecular weight excluding hydrogens is 340 g/mol. The molecule has 3 aliphatic rings. The van der Waals surface area contributed by atoms with Gasteiger partial charge in [0.25, 0.3) is 5.91 Å². The molecule has 0 aliphatic carbocycles. The molecule has 136 valence electrons. The molecular formula is C21H20N4O2. The number of allylic oxidation sites excluding steroid dienone is 4. The lowest BCUT2D eigenvalue weighted by Crippen LogP contribution is -2.43. The average Bonchev–Trinajstić information content (AvgIpc) is 2.72. The number of guanidine groups is 1. The monoisotopic (exact) mass is 360 g/mol. The number of morpholine rings is 1. The Balaban J connectivity index is 1.48. The smallest absolute Gasteiger partial charge is 0.264 e. The van der Waals surface area contributed by atoms with Crippen molar-refractivity contribution >= 4 is 30.0 Å². The Hall–Kier alpha value is -3.12. The maximum Gasteiger partial charge on any atom is 0.264 e. The Morgan fingerprint density at radius 1 is 1.04 bits per heavy atom. The number of amidine groups is 1. The van der Waals surface area contributed by atoms with Crippen molar-refractivity contribution in [2.75, 3.05) is 26.3 Å². The number of nitrogens with zero attached hydrogens (tertiary/aromatic N) is 4. The molecule has 0 spiro atoms. The summed E-state index contributed by atoms with van der Waals surface area (Å²) in [5, 5.41) is 0. The van der Waals surface area contributed by atoms with Crippen LogP contribution in [0.5, 0.6) is 0 Å². The van der Waals surface area contributed by atoms with E-state index in [1.165, 1.54) is 0 Å². The fourth-order valence-corrected chi connectivity index (χ4v) is 3.11. The Bertz CT molecular complexity index is 888. The molecule has 1 fully saturated rings. The van der Waals surface area contributed by atoms with E-state index in [0.29, 0.717) is 38.1 Å². The van der Waals surface area contributed by atoms with Crippen LogP contribution < -0.4 is 0 Å². The second kappa shape index (κ2) is 8.05. The van der Waals surface area contributed by atoms with E-state index in [0.717, 1.165) is 11.1 Å². The number of fused-ring (bicyclic) bond motifs is 1. The minimum Gasteiger partial charge on any atom is -0.378 e. The van der Waals surface area contributed by atoms with Gasteiger partial charge < -0.3 is 9.64 Å². The van der Waals surface area contributed by atoms with E-state index in [1.54, 1.807) is 6.21 Å². The van der Waals surface area contributed by atoms with Gasteiger partial charge in [-0.1, -0.05) is 54.6 Å². The molecule has 3 aliphatic heterocycles. The number of carbonyl (C=O) groups is 1. The second-order valence-electron chi connectivity index (χ2n) is 6.33. The molecule has 0 radical (unpaired) electrons. The van der Waals surface area contributed by atoms with Crippen LogP contribution in [0.2, 0.25) is 0 Å². The van der Waals surface area contributed by atoms with Gasteiger partial charge in [-0.05, 0) is 17.2 Å². The first-order chi connectivity index (χ1) is 13.3. The van der Waals surface area contributed by atoms with Gasteiger partial charge in [0.1, 0.15) is 11.8 Å². The maximum absolute atomic E-state index is 12.7. The van der Waals surface area contributed by atoms with Crippen molar-refractivity contribution in [3.63, 3.8) is 0 Å². The predicted molar refractivity (Wildman–Crippen MR) is 107 cm³/mol. The van der Waals surface area contributed by atoms with Gasteiger partial charge in [0.15, 0.2) is 0 Å². The number of dihydropyridines is 1. The summed E-state index contributed by atoms with van der Waals surface area (Å²) in [6.07, 6.45) is 11.3. The van der Waals surface area contributed by atoms with Gasteiger partial charge in [0.05, 0.1) is 13.2 Å². The zero-order valence-corrected chi connectivity index (χ0v) is 14.9. The zero-order valence-electron chi connectivity index (χ0n) is 14.9. The summed E-state index contributed by atoms with van der Waals surface area (Å²) in [6, 6.07) is 10.1. The quantitative estimate of drug-likeness (QED) is 0.778. The van der Waals surface area contributed by atoms with Crippen molar-refractivity contribution in [2.45, 2.75) is 0 Å². The van der Waals surface area contributed by atoms with Crippen LogP contribution in [0.1, 0.15) is 5.56 Å². The minimum absolute atomic E-state index is 0.221. The minimum atomic E-state index is -0.527. The number of carbonyl (C=O) groups excluding carboxylic acids is 1. The molecule has 0 bridgehead atoms. The number of ether oxygens (including phenoxy) is 1. The molecule has 1 aromatic carbocycles. The zero-order chi connectivity index (χ0) is 18.5. The van der Waals surface area contributed by atoms with E-state index in [1.807, 2.05) is 65.6 Å². The van der Waals surface area contributed by atoms with E-state index < -0.39 is 5.92 Å². The normalized spacial score (nSPS) is 22.7. The van der Waals surface area contributed by atoms with Crippen LogP contribution in [0, 0.1) is 5.92 Å². The van der Waals surface area contributed by atoms with Crippen LogP contribution >= 0.6 is 0 Å². The van der Waals surface area contributed by atoms with Crippen LogP contribution in [0.15, 0.2) is 75.2 Å². The van der Waals surface area contributed by atoms with E-state index in [4.69, 9.17) is 4.74 Å². The fourth-order valence-electron chi connectivity index (χ4n) is 3.11. The van der Waals surface area contributed by atoms with Gasteiger partial charge in [-0.25, -0.2) is 4.99 Å². The standard InChI is InChI=1S/C21H20N4O2/c26-20-18-17(9-5-4-8-16-6-2-1-3-7-16)10-11-22-19(18)23-21(24-20)25-12-14-27-15-13-25/h1-11,18H,12-15H2/b8-4+,9-5+. The molecule has 27 heavy (non-hydrogen) atoms. The lowest BCUT2D eigenvalue weighted by atomic mass is 9.93. The predicted octanol–water partition coefficient (Wildman–Crippen LogP) is 2.51. The van der Waals surface area contributed by atoms with Gasteiger partial charge in [0.2, 0.25) is 5.96 Å². The first kappa shape index (κ1) is 17.3. The number of hydrogen-bond acceptors (Lipinski definition) is 5. The molecule has 0 saturated carbocycles. The highest BCUT2D eigenvalue weighted by atomic mass is 16.5.